The molecule has 1 aromatic carbocycles. The molecule has 3 nitrogen and oxygen atoms in total. The fraction of sp³-hybridized carbons (Fsp3) is 0.250. The summed E-state index contributed by atoms with van der Waals surface area (Å²) in [6.07, 6.45) is 0. The highest BCUT2D eigenvalue weighted by molar-refractivity contribution is 6.35. The van der Waals surface area contributed by atoms with Crippen LogP contribution in [0.3, 0.4) is 0 Å². The lowest BCUT2D eigenvalue weighted by Crippen LogP contribution is -2.01. The van der Waals surface area contributed by atoms with Crippen LogP contribution in [0.2, 0.25) is 10.0 Å². The topological polar surface area (TPSA) is 38.1 Å². The molecule has 1 aromatic heterocycles. The van der Waals surface area contributed by atoms with Crippen LogP contribution in [0, 0.1) is 13.8 Å². The summed E-state index contributed by atoms with van der Waals surface area (Å²) >= 11 is 11.8. The third kappa shape index (κ3) is 2.93. The first kappa shape index (κ1) is 12.3. The van der Waals surface area contributed by atoms with Gasteiger partial charge in [-0.2, -0.15) is 0 Å². The zero-order chi connectivity index (χ0) is 12.4. The number of nitrogens with one attached hydrogen (secondary N) is 1. The maximum absolute atomic E-state index is 5.92. The van der Waals surface area contributed by atoms with Crippen LogP contribution in [0.4, 0.5) is 5.69 Å². The van der Waals surface area contributed by atoms with E-state index in [1.165, 1.54) is 0 Å². The van der Waals surface area contributed by atoms with Gasteiger partial charge in [-0.25, -0.2) is 0 Å². The maximum atomic E-state index is 5.92. The average molecular weight is 271 g/mol. The summed E-state index contributed by atoms with van der Waals surface area (Å²) in [7, 11) is 0. The number of benzene rings is 1. The van der Waals surface area contributed by atoms with Gasteiger partial charge in [0, 0.05) is 27.8 Å². The van der Waals surface area contributed by atoms with E-state index in [0.717, 1.165) is 22.7 Å². The molecule has 17 heavy (non-hydrogen) atoms. The Morgan fingerprint density at radius 2 is 1.82 bits per heavy atom. The molecule has 0 unspecified atom stereocenters. The summed E-state index contributed by atoms with van der Waals surface area (Å²) in [6.45, 7) is 4.44. The maximum Gasteiger partial charge on any atom is 0.138 e. The highest BCUT2D eigenvalue weighted by Gasteiger charge is 2.08. The summed E-state index contributed by atoms with van der Waals surface area (Å²) < 4.78 is 5.09. The number of anilines is 1. The van der Waals surface area contributed by atoms with Gasteiger partial charge in [0.05, 0.1) is 5.69 Å². The number of nitrogens with zero attached hydrogens (tertiary/aromatic N) is 1. The molecule has 1 N–H and O–H groups in total. The first-order valence-electron chi connectivity index (χ1n) is 5.18. The lowest BCUT2D eigenvalue weighted by Gasteiger charge is -2.07. The molecule has 0 saturated carbocycles. The Balaban J connectivity index is 2.12. The Kier molecular flexibility index (Phi) is 3.60. The van der Waals surface area contributed by atoms with Gasteiger partial charge in [0.15, 0.2) is 0 Å². The lowest BCUT2D eigenvalue weighted by atomic mass is 10.2. The molecule has 2 rings (SSSR count). The number of halogens is 2. The molecule has 0 atom stereocenters. The second kappa shape index (κ2) is 4.98. The SMILES string of the molecule is Cc1noc(C)c1CNc1cc(Cl)cc(Cl)c1. The van der Waals surface area contributed by atoms with Gasteiger partial charge in [-0.05, 0) is 32.0 Å². The van der Waals surface area contributed by atoms with Gasteiger partial charge in [-0.3, -0.25) is 0 Å². The molecule has 1 heterocycles. The predicted molar refractivity (Wildman–Crippen MR) is 69.8 cm³/mol. The standard InChI is InChI=1S/C12H12Cl2N2O/c1-7-12(8(2)17-16-7)6-15-11-4-9(13)3-10(14)5-11/h3-5,15H,6H2,1-2H3. The van der Waals surface area contributed by atoms with E-state index in [0.29, 0.717) is 16.6 Å². The zero-order valence-corrected chi connectivity index (χ0v) is 11.1. The minimum Gasteiger partial charge on any atom is -0.381 e. The van der Waals surface area contributed by atoms with Crippen LogP contribution in [-0.4, -0.2) is 5.16 Å². The van der Waals surface area contributed by atoms with Crippen LogP contribution in [0.5, 0.6) is 0 Å². The molecule has 0 aliphatic carbocycles. The van der Waals surface area contributed by atoms with Crippen molar-refractivity contribution in [1.29, 1.82) is 0 Å². The molecule has 90 valence electrons. The first-order valence-corrected chi connectivity index (χ1v) is 5.93. The Morgan fingerprint density at radius 1 is 1.18 bits per heavy atom. The van der Waals surface area contributed by atoms with E-state index < -0.39 is 0 Å². The van der Waals surface area contributed by atoms with E-state index in [2.05, 4.69) is 10.5 Å². The van der Waals surface area contributed by atoms with Crippen molar-refractivity contribution in [1.82, 2.24) is 5.16 Å². The third-order valence-corrected chi connectivity index (χ3v) is 2.95. The summed E-state index contributed by atoms with van der Waals surface area (Å²) in [4.78, 5) is 0. The van der Waals surface area contributed by atoms with Gasteiger partial charge in [-0.15, -0.1) is 0 Å². The zero-order valence-electron chi connectivity index (χ0n) is 9.55. The quantitative estimate of drug-likeness (QED) is 0.908. The van der Waals surface area contributed by atoms with E-state index >= 15 is 0 Å². The molecular formula is C12H12Cl2N2O. The van der Waals surface area contributed by atoms with Gasteiger partial charge < -0.3 is 9.84 Å². The molecule has 0 radical (unpaired) electrons. The van der Waals surface area contributed by atoms with Crippen LogP contribution >= 0.6 is 23.2 Å². The molecule has 0 aliphatic rings. The van der Waals surface area contributed by atoms with Gasteiger partial charge in [0.2, 0.25) is 0 Å². The van der Waals surface area contributed by atoms with Gasteiger partial charge in [0.1, 0.15) is 5.76 Å². The molecule has 0 bridgehead atoms. The Hall–Kier alpha value is -1.19. The summed E-state index contributed by atoms with van der Waals surface area (Å²) in [6, 6.07) is 5.35. The van der Waals surface area contributed by atoms with Crippen LogP contribution in [-0.2, 0) is 6.54 Å². The van der Waals surface area contributed by atoms with Crippen molar-refractivity contribution < 1.29 is 4.52 Å². The molecule has 0 fully saturated rings. The molecule has 0 saturated heterocycles. The first-order chi connectivity index (χ1) is 8.06. The summed E-state index contributed by atoms with van der Waals surface area (Å²) in [5.41, 5.74) is 2.83. The predicted octanol–water partition coefficient (Wildman–Crippen LogP) is 4.21. The van der Waals surface area contributed by atoms with E-state index in [4.69, 9.17) is 27.7 Å². The molecular weight excluding hydrogens is 259 g/mol. The molecule has 5 heteroatoms. The van der Waals surface area contributed by atoms with Crippen LogP contribution in [0.15, 0.2) is 22.7 Å². The van der Waals surface area contributed by atoms with Crippen LogP contribution in [0.25, 0.3) is 0 Å². The van der Waals surface area contributed by atoms with Crippen LogP contribution < -0.4 is 5.32 Å². The second-order valence-electron chi connectivity index (χ2n) is 3.81. The monoisotopic (exact) mass is 270 g/mol. The minimum absolute atomic E-state index is 0.610. The average Bonchev–Trinajstić information content (AvgIpc) is 2.55. The fourth-order valence-electron chi connectivity index (χ4n) is 1.60. The van der Waals surface area contributed by atoms with E-state index in [1.807, 2.05) is 26.0 Å². The van der Waals surface area contributed by atoms with Crippen LogP contribution in [0.1, 0.15) is 17.0 Å². The van der Waals surface area contributed by atoms with Crippen molar-refractivity contribution in [2.24, 2.45) is 0 Å². The lowest BCUT2D eigenvalue weighted by molar-refractivity contribution is 0.392. The smallest absolute Gasteiger partial charge is 0.138 e. The van der Waals surface area contributed by atoms with Crippen molar-refractivity contribution in [3.05, 3.63) is 45.3 Å². The minimum atomic E-state index is 0.610. The second-order valence-corrected chi connectivity index (χ2v) is 4.69. The Labute approximate surface area is 110 Å². The third-order valence-electron chi connectivity index (χ3n) is 2.51. The highest BCUT2D eigenvalue weighted by Crippen LogP contribution is 2.23. The van der Waals surface area contributed by atoms with Gasteiger partial charge >= 0.3 is 0 Å². The molecule has 2 aromatic rings. The normalized spacial score (nSPS) is 10.6. The molecule has 0 amide bonds. The molecule has 0 aliphatic heterocycles. The molecule has 0 spiro atoms. The summed E-state index contributed by atoms with van der Waals surface area (Å²) in [5.74, 6) is 0.822. The van der Waals surface area contributed by atoms with Crippen molar-refractivity contribution in [3.8, 4) is 0 Å². The number of aromatic nitrogens is 1. The van der Waals surface area contributed by atoms with Crippen molar-refractivity contribution in [2.75, 3.05) is 5.32 Å². The van der Waals surface area contributed by atoms with Crippen molar-refractivity contribution in [2.45, 2.75) is 20.4 Å². The number of hydrogen-bond acceptors (Lipinski definition) is 3. The Morgan fingerprint density at radius 3 is 2.35 bits per heavy atom. The largest absolute Gasteiger partial charge is 0.381 e. The van der Waals surface area contributed by atoms with Gasteiger partial charge in [-0.1, -0.05) is 28.4 Å². The number of aryl methyl sites for hydroxylation is 2. The van der Waals surface area contributed by atoms with E-state index in [1.54, 1.807) is 6.07 Å². The van der Waals surface area contributed by atoms with E-state index in [9.17, 15) is 0 Å². The number of hydrogen-bond donors (Lipinski definition) is 1. The Bertz CT molecular complexity index is 498. The van der Waals surface area contributed by atoms with E-state index in [-0.39, 0.29) is 0 Å². The highest BCUT2D eigenvalue weighted by atomic mass is 35.5. The van der Waals surface area contributed by atoms with Gasteiger partial charge in [0.25, 0.3) is 0 Å². The fourth-order valence-corrected chi connectivity index (χ4v) is 2.13. The van der Waals surface area contributed by atoms with Crippen molar-refractivity contribution >= 4 is 28.9 Å². The summed E-state index contributed by atoms with van der Waals surface area (Å²) in [5, 5.41) is 8.36. The number of rotatable bonds is 3. The van der Waals surface area contributed by atoms with Crippen molar-refractivity contribution in [3.63, 3.8) is 0 Å².